The molecule has 0 saturated heterocycles. The van der Waals surface area contributed by atoms with Gasteiger partial charge in [0.15, 0.2) is 5.82 Å². The number of halogens is 3. The van der Waals surface area contributed by atoms with Gasteiger partial charge in [-0.25, -0.2) is 4.68 Å². The number of tetrazole rings is 1. The molecule has 0 aliphatic carbocycles. The van der Waals surface area contributed by atoms with Crippen LogP contribution >= 0.6 is 0 Å². The van der Waals surface area contributed by atoms with E-state index in [0.717, 1.165) is 0 Å². The maximum Gasteiger partial charge on any atom is 0.405 e. The highest BCUT2D eigenvalue weighted by molar-refractivity contribution is 5.75. The second kappa shape index (κ2) is 6.64. The zero-order valence-electron chi connectivity index (χ0n) is 11.5. The molecule has 10 heteroatoms. The minimum Gasteiger partial charge on any atom is -0.345 e. The van der Waals surface area contributed by atoms with Crippen molar-refractivity contribution in [2.75, 3.05) is 13.6 Å². The molecule has 0 unspecified atom stereocenters. The fourth-order valence-corrected chi connectivity index (χ4v) is 1.26. The Balaban J connectivity index is 2.56. The molecule has 114 valence electrons. The van der Waals surface area contributed by atoms with Gasteiger partial charge in [-0.1, -0.05) is 0 Å². The molecule has 0 spiro atoms. The van der Waals surface area contributed by atoms with E-state index in [4.69, 9.17) is 0 Å². The van der Waals surface area contributed by atoms with Crippen molar-refractivity contribution in [3.05, 3.63) is 5.82 Å². The minimum absolute atomic E-state index is 0.249. The third kappa shape index (κ3) is 5.51. The van der Waals surface area contributed by atoms with Crippen molar-refractivity contribution >= 4 is 5.91 Å². The van der Waals surface area contributed by atoms with Crippen LogP contribution in [-0.4, -0.2) is 56.8 Å². The molecule has 0 radical (unpaired) electrons. The first-order valence-corrected chi connectivity index (χ1v) is 5.98. The number of rotatable bonds is 6. The molecule has 0 aliphatic heterocycles. The molecule has 0 fully saturated rings. The fraction of sp³-hybridized carbons (Fsp3) is 0.800. The zero-order chi connectivity index (χ0) is 15.3. The molecular formula is C10H17F3N6O. The number of amides is 1. The van der Waals surface area contributed by atoms with E-state index in [1.807, 2.05) is 25.8 Å². The molecule has 0 aromatic carbocycles. The maximum atomic E-state index is 12.0. The van der Waals surface area contributed by atoms with Gasteiger partial charge >= 0.3 is 6.18 Å². The lowest BCUT2D eigenvalue weighted by Crippen LogP contribution is -2.36. The van der Waals surface area contributed by atoms with Gasteiger partial charge in [0, 0.05) is 6.04 Å². The monoisotopic (exact) mass is 294 g/mol. The first-order chi connectivity index (χ1) is 9.19. The predicted molar refractivity (Wildman–Crippen MR) is 63.5 cm³/mol. The zero-order valence-corrected chi connectivity index (χ0v) is 11.5. The van der Waals surface area contributed by atoms with Crippen LogP contribution in [0.4, 0.5) is 13.2 Å². The molecular weight excluding hydrogens is 277 g/mol. The summed E-state index contributed by atoms with van der Waals surface area (Å²) in [7, 11) is 1.85. The fourth-order valence-electron chi connectivity index (χ4n) is 1.26. The van der Waals surface area contributed by atoms with Crippen molar-refractivity contribution in [2.45, 2.75) is 39.2 Å². The van der Waals surface area contributed by atoms with E-state index < -0.39 is 18.6 Å². The van der Waals surface area contributed by atoms with Crippen molar-refractivity contribution in [3.63, 3.8) is 0 Å². The van der Waals surface area contributed by atoms with Crippen LogP contribution in [0.5, 0.6) is 0 Å². The molecule has 1 N–H and O–H groups in total. The van der Waals surface area contributed by atoms with Crippen LogP contribution < -0.4 is 5.32 Å². The van der Waals surface area contributed by atoms with E-state index in [1.54, 1.807) is 5.32 Å². The molecule has 1 amide bonds. The van der Waals surface area contributed by atoms with E-state index in [9.17, 15) is 18.0 Å². The molecule has 0 bridgehead atoms. The van der Waals surface area contributed by atoms with Crippen molar-refractivity contribution in [2.24, 2.45) is 0 Å². The summed E-state index contributed by atoms with van der Waals surface area (Å²) in [6.07, 6.45) is -4.43. The van der Waals surface area contributed by atoms with Crippen LogP contribution in [0.2, 0.25) is 0 Å². The van der Waals surface area contributed by atoms with Gasteiger partial charge < -0.3 is 5.32 Å². The van der Waals surface area contributed by atoms with E-state index in [2.05, 4.69) is 15.5 Å². The lowest BCUT2D eigenvalue weighted by molar-refractivity contribution is -0.138. The summed E-state index contributed by atoms with van der Waals surface area (Å²) in [6, 6.07) is 0.249. The summed E-state index contributed by atoms with van der Waals surface area (Å²) in [5.41, 5.74) is 0. The van der Waals surface area contributed by atoms with Crippen molar-refractivity contribution in [1.82, 2.24) is 30.4 Å². The Morgan fingerprint density at radius 3 is 2.65 bits per heavy atom. The number of aromatic nitrogens is 4. The Morgan fingerprint density at radius 1 is 1.45 bits per heavy atom. The van der Waals surface area contributed by atoms with Gasteiger partial charge in [-0.05, 0) is 31.3 Å². The number of alkyl halides is 3. The van der Waals surface area contributed by atoms with Gasteiger partial charge in [0.05, 0.1) is 6.54 Å². The Bertz CT molecular complexity index is 444. The van der Waals surface area contributed by atoms with Gasteiger partial charge in [0.1, 0.15) is 13.1 Å². The summed E-state index contributed by atoms with van der Waals surface area (Å²) < 4.78 is 37.1. The van der Waals surface area contributed by atoms with Crippen LogP contribution in [0.3, 0.4) is 0 Å². The van der Waals surface area contributed by atoms with Crippen LogP contribution in [0.15, 0.2) is 0 Å². The SMILES string of the molecule is CC(C)N(C)Cc1nnnn1CC(=O)NCC(F)(F)F. The minimum atomic E-state index is -4.43. The average molecular weight is 294 g/mol. The number of hydrogen-bond donors (Lipinski definition) is 1. The van der Waals surface area contributed by atoms with E-state index in [-0.39, 0.29) is 12.6 Å². The quantitative estimate of drug-likeness (QED) is 0.810. The number of hydrogen-bond acceptors (Lipinski definition) is 5. The lowest BCUT2D eigenvalue weighted by Gasteiger charge is -2.19. The Labute approximate surface area is 114 Å². The molecule has 1 heterocycles. The van der Waals surface area contributed by atoms with Gasteiger partial charge in [-0.3, -0.25) is 9.69 Å². The highest BCUT2D eigenvalue weighted by atomic mass is 19.4. The highest BCUT2D eigenvalue weighted by Crippen LogP contribution is 2.12. The van der Waals surface area contributed by atoms with Crippen LogP contribution in [0.25, 0.3) is 0 Å². The number of nitrogens with zero attached hydrogens (tertiary/aromatic N) is 5. The largest absolute Gasteiger partial charge is 0.405 e. The molecule has 0 aliphatic rings. The van der Waals surface area contributed by atoms with E-state index in [0.29, 0.717) is 12.4 Å². The Hall–Kier alpha value is -1.71. The van der Waals surface area contributed by atoms with E-state index in [1.165, 1.54) is 4.68 Å². The van der Waals surface area contributed by atoms with Gasteiger partial charge in [-0.15, -0.1) is 5.10 Å². The summed E-state index contributed by atoms with van der Waals surface area (Å²) in [5.74, 6) is -0.369. The van der Waals surface area contributed by atoms with Crippen LogP contribution in [0, 0.1) is 0 Å². The highest BCUT2D eigenvalue weighted by Gasteiger charge is 2.27. The predicted octanol–water partition coefficient (Wildman–Crippen LogP) is 0.192. The van der Waals surface area contributed by atoms with Crippen molar-refractivity contribution < 1.29 is 18.0 Å². The van der Waals surface area contributed by atoms with Gasteiger partial charge in [0.25, 0.3) is 0 Å². The molecule has 0 saturated carbocycles. The molecule has 7 nitrogen and oxygen atoms in total. The standard InChI is InChI=1S/C10H17F3N6O/c1-7(2)18(3)4-8-15-16-17-19(8)5-9(20)14-6-10(11,12)13/h7H,4-6H2,1-3H3,(H,14,20). The third-order valence-corrected chi connectivity index (χ3v) is 2.66. The second-order valence-electron chi connectivity index (χ2n) is 4.65. The summed E-state index contributed by atoms with van der Waals surface area (Å²) in [5, 5.41) is 12.6. The molecule has 20 heavy (non-hydrogen) atoms. The molecule has 0 atom stereocenters. The molecule has 1 aromatic heterocycles. The van der Waals surface area contributed by atoms with Crippen LogP contribution in [0.1, 0.15) is 19.7 Å². The number of carbonyl (C=O) groups excluding carboxylic acids is 1. The smallest absolute Gasteiger partial charge is 0.345 e. The maximum absolute atomic E-state index is 12.0. The third-order valence-electron chi connectivity index (χ3n) is 2.66. The first-order valence-electron chi connectivity index (χ1n) is 5.98. The van der Waals surface area contributed by atoms with Crippen molar-refractivity contribution in [3.8, 4) is 0 Å². The van der Waals surface area contributed by atoms with Crippen molar-refractivity contribution in [1.29, 1.82) is 0 Å². The molecule has 1 aromatic rings. The second-order valence-corrected chi connectivity index (χ2v) is 4.65. The average Bonchev–Trinajstić information content (AvgIpc) is 2.73. The van der Waals surface area contributed by atoms with Gasteiger partial charge in [-0.2, -0.15) is 13.2 Å². The first kappa shape index (κ1) is 16.3. The normalized spacial score (nSPS) is 12.2. The number of nitrogens with one attached hydrogen (secondary N) is 1. The number of carbonyl (C=O) groups is 1. The summed E-state index contributed by atoms with van der Waals surface area (Å²) in [6.45, 7) is 2.64. The van der Waals surface area contributed by atoms with E-state index >= 15 is 0 Å². The lowest BCUT2D eigenvalue weighted by atomic mass is 10.3. The Morgan fingerprint density at radius 2 is 2.10 bits per heavy atom. The summed E-state index contributed by atoms with van der Waals surface area (Å²) >= 11 is 0. The van der Waals surface area contributed by atoms with Gasteiger partial charge in [0.2, 0.25) is 5.91 Å². The topological polar surface area (TPSA) is 75.9 Å². The van der Waals surface area contributed by atoms with Crippen LogP contribution in [-0.2, 0) is 17.9 Å². The molecule has 1 rings (SSSR count). The Kier molecular flexibility index (Phi) is 5.43. The summed E-state index contributed by atoms with van der Waals surface area (Å²) in [4.78, 5) is 13.3.